The van der Waals surface area contributed by atoms with Crippen LogP contribution in [-0.4, -0.2) is 44.2 Å². The van der Waals surface area contributed by atoms with Crippen molar-refractivity contribution in [1.82, 2.24) is 25.0 Å². The number of tetrazole rings is 1. The molecule has 0 atom stereocenters. The topological polar surface area (TPSA) is 85.2 Å². The van der Waals surface area contributed by atoms with E-state index in [2.05, 4.69) is 39.3 Å². The number of hydrogen-bond donors (Lipinski definition) is 1. The number of nitrogens with zero attached hydrogens (tertiary/aromatic N) is 6. The molecule has 2 aromatic rings. The molecular weight excluding hydrogens is 206 g/mol. The quantitative estimate of drug-likeness (QED) is 0.762. The van der Waals surface area contributed by atoms with Gasteiger partial charge in [0.2, 0.25) is 0 Å². The van der Waals surface area contributed by atoms with Crippen molar-refractivity contribution in [2.75, 3.05) is 18.0 Å². The molecule has 2 rings (SSSR count). The van der Waals surface area contributed by atoms with Crippen molar-refractivity contribution in [3.8, 4) is 0 Å². The number of hydrogen-bond acceptors (Lipinski definition) is 6. The van der Waals surface area contributed by atoms with E-state index in [-0.39, 0.29) is 0 Å². The second-order valence-electron chi connectivity index (χ2n) is 3.79. The number of nitrogens with two attached hydrogens (primary N) is 1. The summed E-state index contributed by atoms with van der Waals surface area (Å²) in [5, 5.41) is 11.4. The summed E-state index contributed by atoms with van der Waals surface area (Å²) in [6.45, 7) is 5.52. The van der Waals surface area contributed by atoms with Gasteiger partial charge in [0, 0.05) is 19.1 Å². The molecule has 7 heteroatoms. The van der Waals surface area contributed by atoms with Crippen LogP contribution in [-0.2, 0) is 0 Å². The third kappa shape index (κ3) is 1.81. The Bertz CT molecular complexity index is 464. The number of fused-ring (bicyclic) bond motifs is 1. The molecule has 0 radical (unpaired) electrons. The first kappa shape index (κ1) is 10.7. The highest BCUT2D eigenvalue weighted by Crippen LogP contribution is 2.14. The molecule has 0 amide bonds. The molecule has 2 aromatic heterocycles. The lowest BCUT2D eigenvalue weighted by molar-refractivity contribution is 0.654. The van der Waals surface area contributed by atoms with E-state index in [1.165, 1.54) is 0 Å². The van der Waals surface area contributed by atoms with Crippen LogP contribution in [0.4, 0.5) is 5.82 Å². The van der Waals surface area contributed by atoms with E-state index >= 15 is 0 Å². The number of aromatic nitrogens is 5. The molecule has 2 N–H and O–H groups in total. The Morgan fingerprint density at radius 2 is 2.25 bits per heavy atom. The van der Waals surface area contributed by atoms with Gasteiger partial charge >= 0.3 is 0 Å². The van der Waals surface area contributed by atoms with Gasteiger partial charge in [-0.2, -0.15) is 4.52 Å². The van der Waals surface area contributed by atoms with E-state index in [1.54, 1.807) is 16.9 Å². The minimum Gasteiger partial charge on any atom is -0.351 e. The average molecular weight is 221 g/mol. The van der Waals surface area contributed by atoms with Crippen molar-refractivity contribution in [2.45, 2.75) is 19.9 Å². The Kier molecular flexibility index (Phi) is 2.95. The fourth-order valence-corrected chi connectivity index (χ4v) is 1.64. The van der Waals surface area contributed by atoms with Crippen molar-refractivity contribution >= 4 is 11.5 Å². The van der Waals surface area contributed by atoms with Gasteiger partial charge < -0.3 is 10.6 Å². The first-order valence-electron chi connectivity index (χ1n) is 5.23. The lowest BCUT2D eigenvalue weighted by Gasteiger charge is -2.27. The summed E-state index contributed by atoms with van der Waals surface area (Å²) in [6.07, 6.45) is 3.38. The zero-order valence-corrected chi connectivity index (χ0v) is 9.41. The molecule has 0 saturated carbocycles. The zero-order valence-electron chi connectivity index (χ0n) is 9.41. The van der Waals surface area contributed by atoms with Crippen LogP contribution in [0.5, 0.6) is 0 Å². The largest absolute Gasteiger partial charge is 0.351 e. The van der Waals surface area contributed by atoms with Gasteiger partial charge in [-0.15, -0.1) is 5.10 Å². The van der Waals surface area contributed by atoms with Gasteiger partial charge in [0.05, 0.1) is 12.4 Å². The van der Waals surface area contributed by atoms with Crippen molar-refractivity contribution < 1.29 is 0 Å². The van der Waals surface area contributed by atoms with Crippen molar-refractivity contribution in [1.29, 1.82) is 0 Å². The molecule has 0 saturated heterocycles. The summed E-state index contributed by atoms with van der Waals surface area (Å²) in [7, 11) is 0. The van der Waals surface area contributed by atoms with Crippen LogP contribution >= 0.6 is 0 Å². The van der Waals surface area contributed by atoms with Crippen LogP contribution in [0.25, 0.3) is 5.65 Å². The lowest BCUT2D eigenvalue weighted by atomic mass is 10.3. The summed E-state index contributed by atoms with van der Waals surface area (Å²) in [4.78, 5) is 6.25. The molecule has 0 aliphatic heterocycles. The molecule has 2 heterocycles. The van der Waals surface area contributed by atoms with Crippen molar-refractivity contribution in [3.63, 3.8) is 0 Å². The third-order valence-electron chi connectivity index (χ3n) is 2.38. The van der Waals surface area contributed by atoms with Crippen LogP contribution < -0.4 is 10.6 Å². The van der Waals surface area contributed by atoms with E-state index in [9.17, 15) is 0 Å². The average Bonchev–Trinajstić information content (AvgIpc) is 2.73. The number of anilines is 1. The molecule has 0 unspecified atom stereocenters. The summed E-state index contributed by atoms with van der Waals surface area (Å²) >= 11 is 0. The van der Waals surface area contributed by atoms with E-state index in [4.69, 9.17) is 5.73 Å². The molecule has 0 bridgehead atoms. The van der Waals surface area contributed by atoms with E-state index in [0.717, 1.165) is 12.4 Å². The second kappa shape index (κ2) is 4.40. The highest BCUT2D eigenvalue weighted by molar-refractivity contribution is 5.46. The molecule has 0 spiro atoms. The lowest BCUT2D eigenvalue weighted by Crippen LogP contribution is -2.36. The Morgan fingerprint density at radius 1 is 1.44 bits per heavy atom. The first-order chi connectivity index (χ1) is 7.74. The van der Waals surface area contributed by atoms with Gasteiger partial charge in [0.1, 0.15) is 0 Å². The van der Waals surface area contributed by atoms with Crippen molar-refractivity contribution in [2.24, 2.45) is 5.73 Å². The summed E-state index contributed by atoms with van der Waals surface area (Å²) in [6, 6.07) is 0.320. The first-order valence-corrected chi connectivity index (χ1v) is 5.23. The normalized spacial score (nSPS) is 11.2. The fourth-order valence-electron chi connectivity index (χ4n) is 1.64. The smallest absolute Gasteiger partial charge is 0.199 e. The van der Waals surface area contributed by atoms with Crippen LogP contribution in [0.1, 0.15) is 13.8 Å². The molecule has 86 valence electrons. The Balaban J connectivity index is 2.47. The Labute approximate surface area is 93.3 Å². The van der Waals surface area contributed by atoms with E-state index in [1.807, 2.05) is 0 Å². The predicted molar refractivity (Wildman–Crippen MR) is 60.1 cm³/mol. The van der Waals surface area contributed by atoms with Crippen LogP contribution in [0.2, 0.25) is 0 Å². The third-order valence-corrected chi connectivity index (χ3v) is 2.38. The molecule has 0 aliphatic carbocycles. The molecule has 0 aliphatic rings. The summed E-state index contributed by atoms with van der Waals surface area (Å²) in [5.41, 5.74) is 6.24. The van der Waals surface area contributed by atoms with Crippen LogP contribution in [0.15, 0.2) is 12.4 Å². The Morgan fingerprint density at radius 3 is 2.94 bits per heavy atom. The van der Waals surface area contributed by atoms with E-state index in [0.29, 0.717) is 18.2 Å². The molecule has 0 fully saturated rings. The predicted octanol–water partition coefficient (Wildman–Crippen LogP) is -0.307. The fraction of sp³-hybridized carbons (Fsp3) is 0.556. The van der Waals surface area contributed by atoms with Crippen LogP contribution in [0.3, 0.4) is 0 Å². The van der Waals surface area contributed by atoms with Gasteiger partial charge in [0.25, 0.3) is 0 Å². The van der Waals surface area contributed by atoms with Gasteiger partial charge in [-0.25, -0.2) is 0 Å². The van der Waals surface area contributed by atoms with E-state index < -0.39 is 0 Å². The second-order valence-corrected chi connectivity index (χ2v) is 3.79. The Hall–Kier alpha value is -1.76. The maximum atomic E-state index is 5.60. The highest BCUT2D eigenvalue weighted by atomic mass is 15.5. The SMILES string of the molecule is CC(C)N(CCN)c1cncc2nnnn12. The molecule has 0 aromatic carbocycles. The molecule has 7 nitrogen and oxygen atoms in total. The minimum atomic E-state index is 0.320. The molecular formula is C9H15N7. The summed E-state index contributed by atoms with van der Waals surface area (Å²) < 4.78 is 1.67. The highest BCUT2D eigenvalue weighted by Gasteiger charge is 2.14. The minimum absolute atomic E-state index is 0.320. The van der Waals surface area contributed by atoms with Gasteiger partial charge in [0.15, 0.2) is 11.5 Å². The van der Waals surface area contributed by atoms with Gasteiger partial charge in [-0.1, -0.05) is 0 Å². The molecule has 16 heavy (non-hydrogen) atoms. The van der Waals surface area contributed by atoms with Gasteiger partial charge in [-0.05, 0) is 24.3 Å². The standard InChI is InChI=1S/C9H15N7/c1-7(2)15(4-3-10)9-6-11-5-8-12-13-14-16(8)9/h5-7H,3-4,10H2,1-2H3. The monoisotopic (exact) mass is 221 g/mol. The van der Waals surface area contributed by atoms with Gasteiger partial charge in [-0.3, -0.25) is 4.98 Å². The number of rotatable bonds is 4. The maximum absolute atomic E-state index is 5.60. The van der Waals surface area contributed by atoms with Crippen molar-refractivity contribution in [3.05, 3.63) is 12.4 Å². The zero-order chi connectivity index (χ0) is 11.5. The maximum Gasteiger partial charge on any atom is 0.199 e. The van der Waals surface area contributed by atoms with Crippen LogP contribution in [0, 0.1) is 0 Å². The summed E-state index contributed by atoms with van der Waals surface area (Å²) in [5.74, 6) is 0.864.